The zero-order valence-corrected chi connectivity index (χ0v) is 9.17. The Morgan fingerprint density at radius 2 is 2.29 bits per heavy atom. The fourth-order valence-electron chi connectivity index (χ4n) is 1.91. The fraction of sp³-hybridized carbons (Fsp3) is 0.500. The molecule has 1 aromatic heterocycles. The van der Waals surface area contributed by atoms with E-state index in [1.54, 1.807) is 16.2 Å². The average molecular weight is 210 g/mol. The van der Waals surface area contributed by atoms with Crippen LogP contribution in [0.2, 0.25) is 0 Å². The van der Waals surface area contributed by atoms with Gasteiger partial charge in [0.1, 0.15) is 0 Å². The molecule has 4 heteroatoms. The van der Waals surface area contributed by atoms with E-state index in [4.69, 9.17) is 5.73 Å². The molecule has 0 bridgehead atoms. The molecule has 1 aromatic rings. The van der Waals surface area contributed by atoms with E-state index in [0.29, 0.717) is 6.42 Å². The summed E-state index contributed by atoms with van der Waals surface area (Å²) in [4.78, 5) is 15.6. The van der Waals surface area contributed by atoms with Crippen LogP contribution in [0.5, 0.6) is 0 Å². The summed E-state index contributed by atoms with van der Waals surface area (Å²) in [6.45, 7) is 2.07. The van der Waals surface area contributed by atoms with Gasteiger partial charge in [-0.15, -0.1) is 11.3 Å². The van der Waals surface area contributed by atoms with Crippen molar-refractivity contribution in [2.75, 3.05) is 7.05 Å². The van der Waals surface area contributed by atoms with Crippen LogP contribution in [0.3, 0.4) is 0 Å². The smallest absolute Gasteiger partial charge is 0.224 e. The number of thiophene rings is 1. The topological polar surface area (TPSA) is 46.3 Å². The predicted molar refractivity (Wildman–Crippen MR) is 57.2 cm³/mol. The maximum absolute atomic E-state index is 11.4. The molecule has 0 saturated carbocycles. The van der Waals surface area contributed by atoms with Crippen molar-refractivity contribution in [3.8, 4) is 0 Å². The average Bonchev–Trinajstić information content (AvgIpc) is 2.60. The number of carbonyl (C=O) groups is 1. The normalized spacial score (nSPS) is 27.4. The van der Waals surface area contributed by atoms with Crippen molar-refractivity contribution in [2.45, 2.75) is 25.4 Å². The number of likely N-dealkylation sites (N-methyl/N-ethyl adjacent to an activating group) is 1. The Morgan fingerprint density at radius 1 is 1.57 bits per heavy atom. The first-order valence-corrected chi connectivity index (χ1v) is 5.49. The summed E-state index contributed by atoms with van der Waals surface area (Å²) in [7, 11) is 1.83. The molecule has 14 heavy (non-hydrogen) atoms. The molecule has 0 radical (unpaired) electrons. The van der Waals surface area contributed by atoms with E-state index in [-0.39, 0.29) is 18.0 Å². The molecule has 2 N–H and O–H groups in total. The Kier molecular flexibility index (Phi) is 2.33. The number of nitrogens with zero attached hydrogens (tertiary/aromatic N) is 1. The van der Waals surface area contributed by atoms with Crippen molar-refractivity contribution in [3.05, 3.63) is 21.9 Å². The van der Waals surface area contributed by atoms with Gasteiger partial charge in [-0.1, -0.05) is 0 Å². The summed E-state index contributed by atoms with van der Waals surface area (Å²) in [5.41, 5.74) is 5.95. The number of carbonyl (C=O) groups excluding carboxylic acids is 1. The minimum Gasteiger partial charge on any atom is -0.336 e. The van der Waals surface area contributed by atoms with Crippen LogP contribution in [0, 0.1) is 6.92 Å². The highest BCUT2D eigenvalue weighted by Crippen LogP contribution is 2.34. The van der Waals surface area contributed by atoms with E-state index in [1.165, 1.54) is 9.75 Å². The summed E-state index contributed by atoms with van der Waals surface area (Å²) in [5, 5.41) is 0. The van der Waals surface area contributed by atoms with E-state index in [9.17, 15) is 4.79 Å². The lowest BCUT2D eigenvalue weighted by Gasteiger charge is -2.21. The molecule has 1 aliphatic heterocycles. The lowest BCUT2D eigenvalue weighted by molar-refractivity contribution is -0.127. The molecule has 1 aliphatic rings. The first kappa shape index (κ1) is 9.68. The molecule has 2 heterocycles. The van der Waals surface area contributed by atoms with Crippen molar-refractivity contribution in [1.82, 2.24) is 4.90 Å². The zero-order chi connectivity index (χ0) is 10.3. The molecule has 0 aliphatic carbocycles. The van der Waals surface area contributed by atoms with Gasteiger partial charge in [0.25, 0.3) is 0 Å². The number of amides is 1. The van der Waals surface area contributed by atoms with Crippen LogP contribution in [-0.4, -0.2) is 23.9 Å². The quantitative estimate of drug-likeness (QED) is 0.759. The van der Waals surface area contributed by atoms with Crippen LogP contribution >= 0.6 is 11.3 Å². The first-order valence-electron chi connectivity index (χ1n) is 4.67. The summed E-state index contributed by atoms with van der Waals surface area (Å²) in [5.74, 6) is 0.147. The molecule has 1 fully saturated rings. The van der Waals surface area contributed by atoms with Gasteiger partial charge in [0.15, 0.2) is 0 Å². The number of rotatable bonds is 1. The van der Waals surface area contributed by atoms with Gasteiger partial charge in [-0.05, 0) is 19.1 Å². The molecule has 2 atom stereocenters. The molecule has 76 valence electrons. The van der Waals surface area contributed by atoms with Gasteiger partial charge in [0, 0.05) is 29.3 Å². The number of hydrogen-bond donors (Lipinski definition) is 1. The third-order valence-corrected chi connectivity index (χ3v) is 3.75. The van der Waals surface area contributed by atoms with E-state index in [2.05, 4.69) is 19.1 Å². The Balaban J connectivity index is 2.30. The molecule has 3 nitrogen and oxygen atoms in total. The Bertz CT molecular complexity index is 361. The van der Waals surface area contributed by atoms with Crippen LogP contribution in [-0.2, 0) is 4.79 Å². The van der Waals surface area contributed by atoms with Crippen molar-refractivity contribution < 1.29 is 4.79 Å². The monoisotopic (exact) mass is 210 g/mol. The van der Waals surface area contributed by atoms with Gasteiger partial charge >= 0.3 is 0 Å². The van der Waals surface area contributed by atoms with Gasteiger partial charge in [-0.25, -0.2) is 0 Å². The standard InChI is InChI=1S/C10H14N2OS/c1-6-3-4-8(14-6)10-7(11)5-9(13)12(10)2/h3-4,7,10H,5,11H2,1-2H3. The second kappa shape index (κ2) is 3.37. The van der Waals surface area contributed by atoms with Crippen molar-refractivity contribution >= 4 is 17.2 Å². The predicted octanol–water partition coefficient (Wildman–Crippen LogP) is 1.29. The fourth-order valence-corrected chi connectivity index (χ4v) is 3.01. The van der Waals surface area contributed by atoms with Gasteiger partial charge in [0.2, 0.25) is 5.91 Å². The van der Waals surface area contributed by atoms with Crippen molar-refractivity contribution in [2.24, 2.45) is 5.73 Å². The molecular weight excluding hydrogens is 196 g/mol. The minimum absolute atomic E-state index is 0.0504. The first-order chi connectivity index (χ1) is 6.59. The SMILES string of the molecule is Cc1ccc(C2C(N)CC(=O)N2C)s1. The maximum atomic E-state index is 11.4. The summed E-state index contributed by atoms with van der Waals surface area (Å²) < 4.78 is 0. The third-order valence-electron chi connectivity index (χ3n) is 2.68. The largest absolute Gasteiger partial charge is 0.336 e. The zero-order valence-electron chi connectivity index (χ0n) is 8.36. The van der Waals surface area contributed by atoms with Crippen LogP contribution in [0.15, 0.2) is 12.1 Å². The number of nitrogens with two attached hydrogens (primary N) is 1. The van der Waals surface area contributed by atoms with Crippen LogP contribution in [0.1, 0.15) is 22.2 Å². The Morgan fingerprint density at radius 3 is 2.71 bits per heavy atom. The maximum Gasteiger partial charge on any atom is 0.224 e. The second-order valence-electron chi connectivity index (χ2n) is 3.77. The van der Waals surface area contributed by atoms with E-state index in [0.717, 1.165) is 0 Å². The van der Waals surface area contributed by atoms with Gasteiger partial charge < -0.3 is 10.6 Å². The van der Waals surface area contributed by atoms with Crippen molar-refractivity contribution in [1.29, 1.82) is 0 Å². The summed E-state index contributed by atoms with van der Waals surface area (Å²) in [6, 6.07) is 4.18. The lowest BCUT2D eigenvalue weighted by atomic mass is 10.1. The molecule has 2 rings (SSSR count). The third kappa shape index (κ3) is 1.44. The molecule has 0 spiro atoms. The number of likely N-dealkylation sites (tertiary alicyclic amines) is 1. The van der Waals surface area contributed by atoms with Gasteiger partial charge in [-0.2, -0.15) is 0 Å². The second-order valence-corrected chi connectivity index (χ2v) is 5.09. The number of hydrogen-bond acceptors (Lipinski definition) is 3. The minimum atomic E-state index is -0.0504. The van der Waals surface area contributed by atoms with Crippen LogP contribution in [0.25, 0.3) is 0 Å². The Hall–Kier alpha value is -0.870. The van der Waals surface area contributed by atoms with Crippen LogP contribution < -0.4 is 5.73 Å². The molecule has 2 unspecified atom stereocenters. The van der Waals surface area contributed by atoms with Crippen LogP contribution in [0.4, 0.5) is 0 Å². The van der Waals surface area contributed by atoms with Gasteiger partial charge in [0.05, 0.1) is 6.04 Å². The molecular formula is C10H14N2OS. The van der Waals surface area contributed by atoms with E-state index >= 15 is 0 Å². The highest BCUT2D eigenvalue weighted by molar-refractivity contribution is 7.12. The number of aryl methyl sites for hydroxylation is 1. The molecule has 0 aromatic carbocycles. The van der Waals surface area contributed by atoms with Gasteiger partial charge in [-0.3, -0.25) is 4.79 Å². The summed E-state index contributed by atoms with van der Waals surface area (Å²) >= 11 is 1.72. The molecule has 1 amide bonds. The highest BCUT2D eigenvalue weighted by atomic mass is 32.1. The Labute approximate surface area is 87.5 Å². The van der Waals surface area contributed by atoms with E-state index in [1.807, 2.05) is 7.05 Å². The summed E-state index contributed by atoms with van der Waals surface area (Å²) in [6.07, 6.45) is 0.470. The highest BCUT2D eigenvalue weighted by Gasteiger charge is 2.36. The molecule has 1 saturated heterocycles. The lowest BCUT2D eigenvalue weighted by Crippen LogP contribution is -2.29. The van der Waals surface area contributed by atoms with E-state index < -0.39 is 0 Å². The van der Waals surface area contributed by atoms with Crippen molar-refractivity contribution in [3.63, 3.8) is 0 Å².